The molecule has 0 spiro atoms. The van der Waals surface area contributed by atoms with Crippen molar-refractivity contribution in [3.05, 3.63) is 65.0 Å². The molecule has 160 valence electrons. The van der Waals surface area contributed by atoms with Gasteiger partial charge in [-0.2, -0.15) is 0 Å². The highest BCUT2D eigenvalue weighted by Crippen LogP contribution is 2.34. The molecule has 31 heavy (non-hydrogen) atoms. The van der Waals surface area contributed by atoms with E-state index in [4.69, 9.17) is 4.74 Å². The highest BCUT2D eigenvalue weighted by atomic mass is 32.2. The lowest BCUT2D eigenvalue weighted by Gasteiger charge is -2.06. The molecule has 0 fully saturated rings. The summed E-state index contributed by atoms with van der Waals surface area (Å²) in [7, 11) is -1.66. The summed E-state index contributed by atoms with van der Waals surface area (Å²) in [5, 5.41) is 2.83. The number of aromatic nitrogens is 1. The topological polar surface area (TPSA) is 85.4 Å². The number of thiophene rings is 1. The summed E-state index contributed by atoms with van der Waals surface area (Å²) < 4.78 is 30.7. The van der Waals surface area contributed by atoms with Crippen molar-refractivity contribution in [2.45, 2.75) is 14.3 Å². The number of ether oxygens (including phenoxy) is 1. The fourth-order valence-corrected chi connectivity index (χ4v) is 6.76. The van der Waals surface area contributed by atoms with Crippen molar-refractivity contribution in [1.82, 2.24) is 4.98 Å². The molecule has 4 rings (SSSR count). The molecule has 0 aliphatic carbocycles. The predicted octanol–water partition coefficient (Wildman–Crippen LogP) is 5.31. The number of anilines is 1. The first-order valence-electron chi connectivity index (χ1n) is 9.10. The van der Waals surface area contributed by atoms with E-state index in [1.807, 2.05) is 36.4 Å². The minimum Gasteiger partial charge on any atom is -0.496 e. The highest BCUT2D eigenvalue weighted by Gasteiger charge is 2.16. The summed E-state index contributed by atoms with van der Waals surface area (Å²) in [5.41, 5.74) is 2.60. The normalized spacial score (nSPS) is 11.5. The lowest BCUT2D eigenvalue weighted by molar-refractivity contribution is 0.103. The van der Waals surface area contributed by atoms with Gasteiger partial charge in [-0.3, -0.25) is 4.79 Å². The Morgan fingerprint density at radius 2 is 1.94 bits per heavy atom. The van der Waals surface area contributed by atoms with Gasteiger partial charge in [-0.05, 0) is 36.4 Å². The summed E-state index contributed by atoms with van der Waals surface area (Å²) in [6.07, 6.45) is 1.13. The number of para-hydroxylation sites is 1. The second kappa shape index (κ2) is 8.99. The van der Waals surface area contributed by atoms with Crippen molar-refractivity contribution in [2.75, 3.05) is 18.7 Å². The van der Waals surface area contributed by atoms with E-state index in [1.54, 1.807) is 36.3 Å². The van der Waals surface area contributed by atoms with E-state index in [9.17, 15) is 13.2 Å². The Kier molecular flexibility index (Phi) is 6.33. The zero-order chi connectivity index (χ0) is 22.0. The van der Waals surface area contributed by atoms with E-state index >= 15 is 0 Å². The van der Waals surface area contributed by atoms with E-state index in [2.05, 4.69) is 10.3 Å². The van der Waals surface area contributed by atoms with Crippen molar-refractivity contribution in [2.24, 2.45) is 0 Å². The summed E-state index contributed by atoms with van der Waals surface area (Å²) in [6.45, 7) is 0. The van der Waals surface area contributed by atoms with Crippen LogP contribution in [0, 0.1) is 0 Å². The molecule has 0 saturated carbocycles. The molecule has 0 radical (unpaired) electrons. The molecule has 1 N–H and O–H groups in total. The number of hydrogen-bond acceptors (Lipinski definition) is 8. The molecule has 2 heterocycles. The lowest BCUT2D eigenvalue weighted by Crippen LogP contribution is -2.09. The smallest absolute Gasteiger partial charge is 0.265 e. The molecule has 1 amide bonds. The number of nitrogens with zero attached hydrogens (tertiary/aromatic N) is 1. The maximum Gasteiger partial charge on any atom is 0.265 e. The average molecular weight is 491 g/mol. The molecule has 2 aromatic carbocycles. The summed E-state index contributed by atoms with van der Waals surface area (Å²) in [6, 6.07) is 16.4. The van der Waals surface area contributed by atoms with Gasteiger partial charge in [0.2, 0.25) is 0 Å². The molecule has 10 heteroatoms. The van der Waals surface area contributed by atoms with E-state index in [1.165, 1.54) is 12.1 Å². The van der Waals surface area contributed by atoms with Gasteiger partial charge in [0.15, 0.2) is 14.2 Å². The number of benzene rings is 2. The van der Waals surface area contributed by atoms with Gasteiger partial charge >= 0.3 is 0 Å². The second-order valence-corrected chi connectivity index (χ2v) is 12.2. The van der Waals surface area contributed by atoms with Crippen LogP contribution in [-0.4, -0.2) is 32.7 Å². The second-order valence-electron chi connectivity index (χ2n) is 6.61. The fourth-order valence-electron chi connectivity index (χ4n) is 2.84. The van der Waals surface area contributed by atoms with Crippen LogP contribution in [0.15, 0.2) is 63.1 Å². The van der Waals surface area contributed by atoms with Crippen LogP contribution in [0.5, 0.6) is 5.75 Å². The molecule has 4 aromatic rings. The van der Waals surface area contributed by atoms with Crippen LogP contribution in [0.25, 0.3) is 10.2 Å². The number of rotatable bonds is 7. The number of methoxy groups -OCH3 is 1. The van der Waals surface area contributed by atoms with Gasteiger partial charge < -0.3 is 10.1 Å². The van der Waals surface area contributed by atoms with Crippen molar-refractivity contribution < 1.29 is 17.9 Å². The average Bonchev–Trinajstić information content (AvgIpc) is 3.39. The molecule has 0 aliphatic rings. The third kappa shape index (κ3) is 5.09. The van der Waals surface area contributed by atoms with Crippen LogP contribution in [0.4, 0.5) is 5.69 Å². The minimum absolute atomic E-state index is 0.173. The standard InChI is InChI=1S/C21H18N2O4S4/c1-27-16-6-4-3-5-13(16)12-28-21-23-15-8-7-14(11-18(15)30-21)22-20(24)17-9-10-19(29-17)31(2,25)26/h3-11H,12H2,1-2H3,(H,22,24). The first-order valence-corrected chi connectivity index (χ1v) is 13.6. The SMILES string of the molecule is COc1ccccc1CSc1nc2ccc(NC(=O)c3ccc(S(C)(=O)=O)s3)cc2s1. The molecule has 0 aliphatic heterocycles. The Labute approximate surface area is 192 Å². The van der Waals surface area contributed by atoms with Crippen LogP contribution in [-0.2, 0) is 15.6 Å². The molecular weight excluding hydrogens is 473 g/mol. The van der Waals surface area contributed by atoms with Crippen LogP contribution in [0.1, 0.15) is 15.2 Å². The summed E-state index contributed by atoms with van der Waals surface area (Å²) in [5.74, 6) is 1.26. The minimum atomic E-state index is -3.32. The number of hydrogen-bond donors (Lipinski definition) is 1. The van der Waals surface area contributed by atoms with Crippen molar-refractivity contribution in [1.29, 1.82) is 0 Å². The van der Waals surface area contributed by atoms with Gasteiger partial charge in [0.25, 0.3) is 5.91 Å². The number of thiazole rings is 1. The predicted molar refractivity (Wildman–Crippen MR) is 128 cm³/mol. The summed E-state index contributed by atoms with van der Waals surface area (Å²) in [4.78, 5) is 17.5. The van der Waals surface area contributed by atoms with Crippen LogP contribution < -0.4 is 10.1 Å². The summed E-state index contributed by atoms with van der Waals surface area (Å²) >= 11 is 4.15. The van der Waals surface area contributed by atoms with Crippen molar-refractivity contribution in [3.63, 3.8) is 0 Å². The highest BCUT2D eigenvalue weighted by molar-refractivity contribution is 8.00. The first-order chi connectivity index (χ1) is 14.8. The van der Waals surface area contributed by atoms with E-state index in [0.29, 0.717) is 10.6 Å². The number of thioether (sulfide) groups is 1. The zero-order valence-corrected chi connectivity index (χ0v) is 19.9. The molecule has 0 unspecified atom stereocenters. The van der Waals surface area contributed by atoms with Crippen molar-refractivity contribution >= 4 is 66.1 Å². The Balaban J connectivity index is 1.47. The maximum atomic E-state index is 12.5. The number of carbonyl (C=O) groups excluding carboxylic acids is 1. The number of carbonyl (C=O) groups is 1. The van der Waals surface area contributed by atoms with Gasteiger partial charge in [-0.1, -0.05) is 30.0 Å². The molecule has 0 bridgehead atoms. The van der Waals surface area contributed by atoms with E-state index in [-0.39, 0.29) is 10.1 Å². The van der Waals surface area contributed by atoms with Gasteiger partial charge in [0.05, 0.1) is 22.2 Å². The number of fused-ring (bicyclic) bond motifs is 1. The van der Waals surface area contributed by atoms with Crippen LogP contribution in [0.3, 0.4) is 0 Å². The number of sulfone groups is 1. The monoisotopic (exact) mass is 490 g/mol. The van der Waals surface area contributed by atoms with Gasteiger partial charge in [-0.15, -0.1) is 22.7 Å². The Hall–Kier alpha value is -2.40. The third-order valence-electron chi connectivity index (χ3n) is 4.34. The quantitative estimate of drug-likeness (QED) is 0.353. The molecule has 0 atom stereocenters. The number of amides is 1. The molecule has 6 nitrogen and oxygen atoms in total. The van der Waals surface area contributed by atoms with Crippen LogP contribution >= 0.6 is 34.4 Å². The van der Waals surface area contributed by atoms with Gasteiger partial charge in [0.1, 0.15) is 9.96 Å². The van der Waals surface area contributed by atoms with Gasteiger partial charge in [0, 0.05) is 23.3 Å². The van der Waals surface area contributed by atoms with Gasteiger partial charge in [-0.25, -0.2) is 13.4 Å². The molecular formula is C21H18N2O4S4. The van der Waals surface area contributed by atoms with E-state index < -0.39 is 9.84 Å². The first kappa shape index (κ1) is 21.8. The Morgan fingerprint density at radius 3 is 2.68 bits per heavy atom. The lowest BCUT2D eigenvalue weighted by atomic mass is 10.2. The molecule has 2 aromatic heterocycles. The fraction of sp³-hybridized carbons (Fsp3) is 0.143. The van der Waals surface area contributed by atoms with Crippen molar-refractivity contribution in [3.8, 4) is 5.75 Å². The van der Waals surface area contributed by atoms with Crippen LogP contribution in [0.2, 0.25) is 0 Å². The molecule has 0 saturated heterocycles. The van der Waals surface area contributed by atoms with E-state index in [0.717, 1.165) is 49.2 Å². The third-order valence-corrected chi connectivity index (χ3v) is 9.45. The Morgan fingerprint density at radius 1 is 1.13 bits per heavy atom. The Bertz CT molecular complexity index is 1360. The zero-order valence-electron chi connectivity index (χ0n) is 16.6. The maximum absolute atomic E-state index is 12.5. The number of nitrogens with one attached hydrogen (secondary N) is 1. The largest absolute Gasteiger partial charge is 0.496 e.